The Hall–Kier alpha value is -2.33. The van der Waals surface area contributed by atoms with E-state index < -0.39 is 0 Å². The molecule has 0 saturated carbocycles. The summed E-state index contributed by atoms with van der Waals surface area (Å²) in [6.45, 7) is 5.94. The third-order valence-electron chi connectivity index (χ3n) is 3.82. The Bertz CT molecular complexity index is 651. The summed E-state index contributed by atoms with van der Waals surface area (Å²) in [4.78, 5) is 12.2. The lowest BCUT2D eigenvalue weighted by Crippen LogP contribution is -2.23. The summed E-state index contributed by atoms with van der Waals surface area (Å²) in [7, 11) is 0. The number of hydrogen-bond acceptors (Lipinski definition) is 3. The van der Waals surface area contributed by atoms with Gasteiger partial charge in [0.2, 0.25) is 0 Å². The predicted octanol–water partition coefficient (Wildman–Crippen LogP) is 3.50. The number of rotatable bonds is 8. The van der Waals surface area contributed by atoms with E-state index in [2.05, 4.69) is 19.2 Å². The molecule has 0 bridgehead atoms. The second kappa shape index (κ2) is 9.08. The van der Waals surface area contributed by atoms with E-state index in [1.165, 1.54) is 0 Å². The van der Waals surface area contributed by atoms with E-state index in [0.717, 1.165) is 23.3 Å². The Morgan fingerprint density at radius 1 is 1.12 bits per heavy atom. The molecule has 0 heterocycles. The highest BCUT2D eigenvalue weighted by atomic mass is 16.5. The van der Waals surface area contributed by atoms with Gasteiger partial charge in [0, 0.05) is 24.2 Å². The fraction of sp³-hybridized carbons (Fsp3) is 0.350. The molecule has 0 saturated heterocycles. The van der Waals surface area contributed by atoms with E-state index in [1.54, 1.807) is 12.1 Å². The number of nitrogens with two attached hydrogens (primary N) is 1. The van der Waals surface area contributed by atoms with Crippen LogP contribution in [0.25, 0.3) is 0 Å². The molecule has 24 heavy (non-hydrogen) atoms. The van der Waals surface area contributed by atoms with Gasteiger partial charge in [-0.05, 0) is 36.1 Å². The van der Waals surface area contributed by atoms with Crippen LogP contribution in [0.5, 0.6) is 5.75 Å². The van der Waals surface area contributed by atoms with E-state index in [0.29, 0.717) is 31.2 Å². The van der Waals surface area contributed by atoms with Gasteiger partial charge in [-0.1, -0.05) is 44.2 Å². The number of nitrogens with one attached hydrogen (secondary N) is 1. The van der Waals surface area contributed by atoms with Gasteiger partial charge in [-0.3, -0.25) is 4.79 Å². The van der Waals surface area contributed by atoms with Gasteiger partial charge in [-0.2, -0.15) is 0 Å². The molecule has 0 spiro atoms. The molecular formula is C20H26N2O2. The van der Waals surface area contributed by atoms with Crippen LogP contribution in [0.2, 0.25) is 0 Å². The third kappa shape index (κ3) is 5.39. The Morgan fingerprint density at radius 3 is 2.50 bits per heavy atom. The zero-order valence-corrected chi connectivity index (χ0v) is 14.4. The fourth-order valence-electron chi connectivity index (χ4n) is 2.27. The molecule has 0 aliphatic heterocycles. The normalized spacial score (nSPS) is 10.7. The van der Waals surface area contributed by atoms with Gasteiger partial charge in [0.25, 0.3) is 5.91 Å². The first-order chi connectivity index (χ1) is 11.6. The molecule has 3 N–H and O–H groups in total. The third-order valence-corrected chi connectivity index (χ3v) is 3.82. The van der Waals surface area contributed by atoms with Gasteiger partial charge in [-0.25, -0.2) is 0 Å². The summed E-state index contributed by atoms with van der Waals surface area (Å²) in [6.07, 6.45) is 1.01. The Morgan fingerprint density at radius 2 is 1.83 bits per heavy atom. The number of amides is 1. The van der Waals surface area contributed by atoms with Crippen molar-refractivity contribution in [3.05, 3.63) is 65.2 Å². The number of carbonyl (C=O) groups is 1. The zero-order valence-electron chi connectivity index (χ0n) is 14.4. The molecule has 0 unspecified atom stereocenters. The van der Waals surface area contributed by atoms with Crippen LogP contribution in [-0.4, -0.2) is 12.5 Å². The fourth-order valence-corrected chi connectivity index (χ4v) is 2.27. The minimum atomic E-state index is -0.101. The largest absolute Gasteiger partial charge is 0.493 e. The topological polar surface area (TPSA) is 64.3 Å². The van der Waals surface area contributed by atoms with Gasteiger partial charge < -0.3 is 15.8 Å². The summed E-state index contributed by atoms with van der Waals surface area (Å²) >= 11 is 0. The van der Waals surface area contributed by atoms with Crippen molar-refractivity contribution < 1.29 is 9.53 Å². The maximum atomic E-state index is 12.2. The highest BCUT2D eigenvalue weighted by Crippen LogP contribution is 2.18. The summed E-state index contributed by atoms with van der Waals surface area (Å²) in [5.74, 6) is 1.33. The minimum absolute atomic E-state index is 0.101. The molecule has 0 aliphatic rings. The van der Waals surface area contributed by atoms with E-state index >= 15 is 0 Å². The number of hydrogen-bond donors (Lipinski definition) is 2. The van der Waals surface area contributed by atoms with Crippen LogP contribution in [0.1, 0.15) is 41.8 Å². The van der Waals surface area contributed by atoms with Crippen LogP contribution in [0.3, 0.4) is 0 Å². The molecule has 128 valence electrons. The first-order valence-corrected chi connectivity index (χ1v) is 8.38. The lowest BCUT2D eigenvalue weighted by Gasteiger charge is -2.13. The second-order valence-electron chi connectivity index (χ2n) is 6.22. The van der Waals surface area contributed by atoms with Crippen molar-refractivity contribution in [2.75, 3.05) is 6.61 Å². The first-order valence-electron chi connectivity index (χ1n) is 8.38. The van der Waals surface area contributed by atoms with E-state index in [4.69, 9.17) is 10.5 Å². The molecule has 0 aromatic heterocycles. The molecule has 0 fully saturated rings. The smallest absolute Gasteiger partial charge is 0.251 e. The van der Waals surface area contributed by atoms with E-state index in [1.807, 2.05) is 36.4 Å². The van der Waals surface area contributed by atoms with Crippen LogP contribution < -0.4 is 15.8 Å². The van der Waals surface area contributed by atoms with Gasteiger partial charge in [0.1, 0.15) is 5.75 Å². The van der Waals surface area contributed by atoms with Crippen molar-refractivity contribution in [3.8, 4) is 5.75 Å². The highest BCUT2D eigenvalue weighted by molar-refractivity contribution is 5.94. The molecule has 4 heteroatoms. The molecule has 0 aliphatic carbocycles. The number of carbonyl (C=O) groups excluding carboxylic acids is 1. The van der Waals surface area contributed by atoms with Crippen LogP contribution in [-0.2, 0) is 13.1 Å². The number of para-hydroxylation sites is 1. The maximum Gasteiger partial charge on any atom is 0.251 e. The Labute approximate surface area is 144 Å². The van der Waals surface area contributed by atoms with Crippen LogP contribution in [0.15, 0.2) is 48.5 Å². The molecule has 0 atom stereocenters. The second-order valence-corrected chi connectivity index (χ2v) is 6.22. The quantitative estimate of drug-likeness (QED) is 0.780. The molecule has 1 amide bonds. The van der Waals surface area contributed by atoms with Gasteiger partial charge in [0.15, 0.2) is 0 Å². The highest BCUT2D eigenvalue weighted by Gasteiger charge is 2.08. The average molecular weight is 326 g/mol. The van der Waals surface area contributed by atoms with Crippen molar-refractivity contribution >= 4 is 5.91 Å². The zero-order chi connectivity index (χ0) is 17.4. The molecule has 4 nitrogen and oxygen atoms in total. The molecule has 2 rings (SSSR count). The van der Waals surface area contributed by atoms with Crippen LogP contribution in [0, 0.1) is 5.92 Å². The van der Waals surface area contributed by atoms with Crippen molar-refractivity contribution in [3.63, 3.8) is 0 Å². The monoisotopic (exact) mass is 326 g/mol. The van der Waals surface area contributed by atoms with Crippen LogP contribution >= 0.6 is 0 Å². The molecule has 0 radical (unpaired) electrons. The van der Waals surface area contributed by atoms with Crippen LogP contribution in [0.4, 0.5) is 0 Å². The summed E-state index contributed by atoms with van der Waals surface area (Å²) in [5, 5.41) is 2.94. The van der Waals surface area contributed by atoms with Gasteiger partial charge >= 0.3 is 0 Å². The van der Waals surface area contributed by atoms with Gasteiger partial charge in [-0.15, -0.1) is 0 Å². The van der Waals surface area contributed by atoms with Crippen molar-refractivity contribution in [1.82, 2.24) is 5.32 Å². The SMILES string of the molecule is CC(C)CCOc1ccccc1CNC(=O)c1ccc(CN)cc1. The van der Waals surface area contributed by atoms with Crippen molar-refractivity contribution in [1.29, 1.82) is 0 Å². The summed E-state index contributed by atoms with van der Waals surface area (Å²) in [6, 6.07) is 15.1. The first kappa shape index (κ1) is 18.0. The lowest BCUT2D eigenvalue weighted by atomic mass is 10.1. The van der Waals surface area contributed by atoms with Gasteiger partial charge in [0.05, 0.1) is 6.61 Å². The predicted molar refractivity (Wildman–Crippen MR) is 96.9 cm³/mol. The minimum Gasteiger partial charge on any atom is -0.493 e. The van der Waals surface area contributed by atoms with E-state index in [-0.39, 0.29) is 5.91 Å². The lowest BCUT2D eigenvalue weighted by molar-refractivity contribution is 0.0950. The molecular weight excluding hydrogens is 300 g/mol. The van der Waals surface area contributed by atoms with E-state index in [9.17, 15) is 4.79 Å². The summed E-state index contributed by atoms with van der Waals surface area (Å²) in [5.41, 5.74) is 8.19. The average Bonchev–Trinajstić information content (AvgIpc) is 2.60. The Kier molecular flexibility index (Phi) is 6.82. The maximum absolute atomic E-state index is 12.2. The Balaban J connectivity index is 1.94. The molecule has 2 aromatic carbocycles. The summed E-state index contributed by atoms with van der Waals surface area (Å²) < 4.78 is 5.85. The number of ether oxygens (including phenoxy) is 1. The number of benzene rings is 2. The standard InChI is InChI=1S/C20H26N2O2/c1-15(2)11-12-24-19-6-4-3-5-18(19)14-22-20(23)17-9-7-16(13-21)8-10-17/h3-10,15H,11-14,21H2,1-2H3,(H,22,23). The van der Waals surface area contributed by atoms with Crippen molar-refractivity contribution in [2.24, 2.45) is 11.7 Å². The molecule has 2 aromatic rings. The van der Waals surface area contributed by atoms with Crippen molar-refractivity contribution in [2.45, 2.75) is 33.4 Å².